The molecule has 0 bridgehead atoms. The van der Waals surface area contributed by atoms with E-state index in [0.717, 1.165) is 37.3 Å². The number of nitro groups is 1. The molecule has 0 aromatic carbocycles. The van der Waals surface area contributed by atoms with E-state index >= 15 is 0 Å². The second kappa shape index (κ2) is 6.29. The number of carbonyl (C=O) groups excluding carboxylic acids is 1. The summed E-state index contributed by atoms with van der Waals surface area (Å²) in [7, 11) is 0. The number of amides is 1. The summed E-state index contributed by atoms with van der Waals surface area (Å²) >= 11 is 1.10. The molecule has 1 fully saturated rings. The van der Waals surface area contributed by atoms with E-state index in [1.165, 1.54) is 12.4 Å². The highest BCUT2D eigenvalue weighted by atomic mass is 32.1. The lowest BCUT2D eigenvalue weighted by atomic mass is 10.3. The maximum atomic E-state index is 12.4. The number of hydrogen-bond donors (Lipinski definition) is 1. The minimum Gasteiger partial charge on any atom is -0.355 e. The topological polar surface area (TPSA) is 101 Å². The Labute approximate surface area is 136 Å². The van der Waals surface area contributed by atoms with Crippen molar-refractivity contribution < 1.29 is 9.72 Å². The number of nitrogens with one attached hydrogen (secondary N) is 1. The first-order chi connectivity index (χ1) is 11.1. The van der Waals surface area contributed by atoms with Gasteiger partial charge in [-0.25, -0.2) is 9.97 Å². The van der Waals surface area contributed by atoms with Crippen molar-refractivity contribution in [3.05, 3.63) is 38.5 Å². The van der Waals surface area contributed by atoms with Gasteiger partial charge in [-0.15, -0.1) is 11.3 Å². The van der Waals surface area contributed by atoms with Crippen molar-refractivity contribution in [1.29, 1.82) is 0 Å². The number of rotatable bonds is 4. The van der Waals surface area contributed by atoms with Crippen molar-refractivity contribution in [3.63, 3.8) is 0 Å². The molecule has 1 aliphatic heterocycles. The molecule has 2 aromatic heterocycles. The second-order valence-electron chi connectivity index (χ2n) is 5.22. The predicted molar refractivity (Wildman–Crippen MR) is 87.1 cm³/mol. The van der Waals surface area contributed by atoms with Crippen LogP contribution in [0.15, 0.2) is 18.6 Å². The SMILES string of the molecule is Cc1sc(C(=O)Nc2cncnc2N2CCCC2)cc1[N+](=O)[O-]. The molecule has 8 nitrogen and oxygen atoms in total. The summed E-state index contributed by atoms with van der Waals surface area (Å²) in [6, 6.07) is 1.30. The molecule has 0 atom stereocenters. The van der Waals surface area contributed by atoms with Gasteiger partial charge in [-0.2, -0.15) is 0 Å². The van der Waals surface area contributed by atoms with Crippen LogP contribution in [-0.4, -0.2) is 33.9 Å². The van der Waals surface area contributed by atoms with Crippen molar-refractivity contribution >= 4 is 34.4 Å². The minimum atomic E-state index is -0.482. The summed E-state index contributed by atoms with van der Waals surface area (Å²) in [4.78, 5) is 33.9. The molecule has 23 heavy (non-hydrogen) atoms. The zero-order valence-corrected chi connectivity index (χ0v) is 13.3. The van der Waals surface area contributed by atoms with Gasteiger partial charge < -0.3 is 10.2 Å². The molecule has 3 rings (SSSR count). The lowest BCUT2D eigenvalue weighted by Gasteiger charge is -2.19. The molecule has 0 saturated carbocycles. The smallest absolute Gasteiger partial charge is 0.283 e. The maximum Gasteiger partial charge on any atom is 0.283 e. The zero-order valence-electron chi connectivity index (χ0n) is 12.5. The molecule has 2 aromatic rings. The van der Waals surface area contributed by atoms with E-state index in [9.17, 15) is 14.9 Å². The maximum absolute atomic E-state index is 12.4. The van der Waals surface area contributed by atoms with E-state index < -0.39 is 4.92 Å². The van der Waals surface area contributed by atoms with Crippen LogP contribution in [0.3, 0.4) is 0 Å². The minimum absolute atomic E-state index is 0.0378. The molecule has 3 heterocycles. The Kier molecular flexibility index (Phi) is 4.20. The molecule has 1 saturated heterocycles. The van der Waals surface area contributed by atoms with Crippen LogP contribution >= 0.6 is 11.3 Å². The predicted octanol–water partition coefficient (Wildman–Crippen LogP) is 2.61. The van der Waals surface area contributed by atoms with Crippen LogP contribution in [-0.2, 0) is 0 Å². The fourth-order valence-electron chi connectivity index (χ4n) is 2.54. The van der Waals surface area contributed by atoms with E-state index in [2.05, 4.69) is 20.2 Å². The lowest BCUT2D eigenvalue weighted by molar-refractivity contribution is -0.385. The molecule has 9 heteroatoms. The van der Waals surface area contributed by atoms with Crippen LogP contribution in [0.4, 0.5) is 17.2 Å². The molecule has 1 aliphatic rings. The first kappa shape index (κ1) is 15.3. The van der Waals surface area contributed by atoms with Gasteiger partial charge in [-0.05, 0) is 19.8 Å². The lowest BCUT2D eigenvalue weighted by Crippen LogP contribution is -2.22. The van der Waals surface area contributed by atoms with E-state index in [0.29, 0.717) is 21.3 Å². The largest absolute Gasteiger partial charge is 0.355 e. The molecule has 0 radical (unpaired) electrons. The Morgan fingerprint density at radius 2 is 2.17 bits per heavy atom. The molecular weight excluding hydrogens is 318 g/mol. The van der Waals surface area contributed by atoms with Gasteiger partial charge >= 0.3 is 0 Å². The van der Waals surface area contributed by atoms with Crippen LogP contribution < -0.4 is 10.2 Å². The summed E-state index contributed by atoms with van der Waals surface area (Å²) < 4.78 is 0. The first-order valence-electron chi connectivity index (χ1n) is 7.17. The van der Waals surface area contributed by atoms with E-state index in [-0.39, 0.29) is 11.6 Å². The standard InChI is InChI=1S/C14H15N5O3S/c1-9-11(19(21)22)6-12(23-9)14(20)17-10-7-15-8-16-13(10)18-4-2-3-5-18/h6-8H,2-5H2,1H3,(H,17,20). The summed E-state index contributed by atoms with van der Waals surface area (Å²) in [5, 5.41) is 13.7. The fourth-order valence-corrected chi connectivity index (χ4v) is 3.42. The van der Waals surface area contributed by atoms with E-state index in [1.807, 2.05) is 0 Å². The van der Waals surface area contributed by atoms with Gasteiger partial charge in [0.2, 0.25) is 0 Å². The molecule has 0 aliphatic carbocycles. The molecule has 0 unspecified atom stereocenters. The van der Waals surface area contributed by atoms with Crippen LogP contribution in [0.5, 0.6) is 0 Å². The number of aryl methyl sites for hydroxylation is 1. The van der Waals surface area contributed by atoms with Crippen molar-refractivity contribution in [2.75, 3.05) is 23.3 Å². The summed E-state index contributed by atoms with van der Waals surface area (Å²) in [6.07, 6.45) is 5.18. The van der Waals surface area contributed by atoms with Crippen LogP contribution in [0.25, 0.3) is 0 Å². The monoisotopic (exact) mass is 333 g/mol. The van der Waals surface area contributed by atoms with Crippen molar-refractivity contribution in [1.82, 2.24) is 9.97 Å². The highest BCUT2D eigenvalue weighted by Gasteiger charge is 2.22. The number of anilines is 2. The number of thiophene rings is 1. The average molecular weight is 333 g/mol. The third kappa shape index (κ3) is 3.14. The first-order valence-corrected chi connectivity index (χ1v) is 7.99. The fraction of sp³-hybridized carbons (Fsp3) is 0.357. The van der Waals surface area contributed by atoms with Gasteiger partial charge in [0.25, 0.3) is 11.6 Å². The van der Waals surface area contributed by atoms with Gasteiger partial charge in [0.1, 0.15) is 12.0 Å². The molecule has 0 spiro atoms. The zero-order chi connectivity index (χ0) is 16.4. The van der Waals surface area contributed by atoms with Gasteiger partial charge in [-0.1, -0.05) is 0 Å². The highest BCUT2D eigenvalue weighted by molar-refractivity contribution is 7.14. The Morgan fingerprint density at radius 3 is 2.83 bits per heavy atom. The summed E-state index contributed by atoms with van der Waals surface area (Å²) in [5.41, 5.74) is 0.484. The molecular formula is C14H15N5O3S. The number of carbonyl (C=O) groups is 1. The summed E-state index contributed by atoms with van der Waals surface area (Å²) in [6.45, 7) is 3.41. The van der Waals surface area contributed by atoms with E-state index in [1.54, 1.807) is 13.1 Å². The molecule has 120 valence electrons. The van der Waals surface area contributed by atoms with Crippen molar-refractivity contribution in [2.24, 2.45) is 0 Å². The van der Waals surface area contributed by atoms with Crippen LogP contribution in [0.1, 0.15) is 27.4 Å². The Hall–Kier alpha value is -2.55. The Balaban J connectivity index is 1.83. The highest BCUT2D eigenvalue weighted by Crippen LogP contribution is 2.30. The van der Waals surface area contributed by atoms with Crippen molar-refractivity contribution in [2.45, 2.75) is 19.8 Å². The van der Waals surface area contributed by atoms with E-state index in [4.69, 9.17) is 0 Å². The molecule has 1 amide bonds. The van der Waals surface area contributed by atoms with Crippen LogP contribution in [0, 0.1) is 17.0 Å². The third-order valence-electron chi connectivity index (χ3n) is 3.66. The van der Waals surface area contributed by atoms with Gasteiger partial charge in [0.15, 0.2) is 5.82 Å². The molecule has 1 N–H and O–H groups in total. The number of hydrogen-bond acceptors (Lipinski definition) is 7. The second-order valence-corrected chi connectivity index (χ2v) is 6.47. The van der Waals surface area contributed by atoms with Crippen molar-refractivity contribution in [3.8, 4) is 0 Å². The third-order valence-corrected chi connectivity index (χ3v) is 4.70. The Bertz CT molecular complexity index is 755. The Morgan fingerprint density at radius 1 is 1.43 bits per heavy atom. The number of aromatic nitrogens is 2. The number of nitrogens with zero attached hydrogens (tertiary/aromatic N) is 4. The van der Waals surface area contributed by atoms with Gasteiger partial charge in [0.05, 0.1) is 20.9 Å². The average Bonchev–Trinajstić information content (AvgIpc) is 3.17. The van der Waals surface area contributed by atoms with Gasteiger partial charge in [-0.3, -0.25) is 14.9 Å². The normalized spacial score (nSPS) is 14.0. The quantitative estimate of drug-likeness (QED) is 0.681. The van der Waals surface area contributed by atoms with Crippen LogP contribution in [0.2, 0.25) is 0 Å². The van der Waals surface area contributed by atoms with Gasteiger partial charge in [0, 0.05) is 19.2 Å². The summed E-state index contributed by atoms with van der Waals surface area (Å²) in [5.74, 6) is 0.301.